The summed E-state index contributed by atoms with van der Waals surface area (Å²) in [5.74, 6) is 2.04. The molecule has 1 aliphatic rings. The third kappa shape index (κ3) is 7.95. The molecule has 1 saturated heterocycles. The van der Waals surface area contributed by atoms with Gasteiger partial charge < -0.3 is 24.4 Å². The van der Waals surface area contributed by atoms with Gasteiger partial charge in [-0.2, -0.15) is 0 Å². The summed E-state index contributed by atoms with van der Waals surface area (Å²) < 4.78 is 11.4. The fraction of sp³-hybridized carbons (Fsp3) is 0.727. The smallest absolute Gasteiger partial charge is 0.161 e. The van der Waals surface area contributed by atoms with Crippen molar-refractivity contribution in [1.82, 2.24) is 14.7 Å². The standard InChI is InChI=1S/C22H39N3O3/c1-18(2)14-24(4)15-19-7-8-21(27-5)22(13-19)28-17-20(26)16-25-10-6-9-23(3)11-12-25/h7-8,13,18,20,26H,6,9-12,14-17H2,1-5H3. The molecular formula is C22H39N3O3. The van der Waals surface area contributed by atoms with Crippen molar-refractivity contribution in [1.29, 1.82) is 0 Å². The van der Waals surface area contributed by atoms with Crippen LogP contribution < -0.4 is 9.47 Å². The number of methoxy groups -OCH3 is 1. The molecule has 0 amide bonds. The number of likely N-dealkylation sites (N-methyl/N-ethyl adjacent to an activating group) is 1. The Hall–Kier alpha value is -1.34. The lowest BCUT2D eigenvalue weighted by molar-refractivity contribution is 0.0685. The highest BCUT2D eigenvalue weighted by atomic mass is 16.5. The van der Waals surface area contributed by atoms with Gasteiger partial charge in [-0.1, -0.05) is 19.9 Å². The van der Waals surface area contributed by atoms with Crippen molar-refractivity contribution in [3.63, 3.8) is 0 Å². The van der Waals surface area contributed by atoms with Crippen molar-refractivity contribution in [3.05, 3.63) is 23.8 Å². The number of aliphatic hydroxyl groups is 1. The highest BCUT2D eigenvalue weighted by molar-refractivity contribution is 5.43. The number of β-amino-alcohol motifs (C(OH)–C–C–N with tert-alkyl or cyclic N) is 1. The molecule has 0 bridgehead atoms. The van der Waals surface area contributed by atoms with Crippen LogP contribution in [-0.2, 0) is 6.54 Å². The van der Waals surface area contributed by atoms with E-state index in [0.29, 0.717) is 24.0 Å². The molecule has 1 N–H and O–H groups in total. The lowest BCUT2D eigenvalue weighted by Gasteiger charge is -2.24. The summed E-state index contributed by atoms with van der Waals surface area (Å²) in [6.45, 7) is 11.5. The Morgan fingerprint density at radius 2 is 1.93 bits per heavy atom. The maximum Gasteiger partial charge on any atom is 0.161 e. The van der Waals surface area contributed by atoms with E-state index in [2.05, 4.69) is 48.7 Å². The third-order valence-corrected chi connectivity index (χ3v) is 5.07. The summed E-state index contributed by atoms with van der Waals surface area (Å²) in [4.78, 5) is 6.98. The Morgan fingerprint density at radius 1 is 1.14 bits per heavy atom. The average molecular weight is 394 g/mol. The molecule has 2 rings (SSSR count). The van der Waals surface area contributed by atoms with Crippen LogP contribution in [0, 0.1) is 5.92 Å². The molecular weight excluding hydrogens is 354 g/mol. The van der Waals surface area contributed by atoms with Gasteiger partial charge in [-0.15, -0.1) is 0 Å². The fourth-order valence-electron chi connectivity index (χ4n) is 3.75. The van der Waals surface area contributed by atoms with Gasteiger partial charge in [0.15, 0.2) is 11.5 Å². The van der Waals surface area contributed by atoms with Crippen LogP contribution in [0.3, 0.4) is 0 Å². The van der Waals surface area contributed by atoms with E-state index in [9.17, 15) is 5.11 Å². The van der Waals surface area contributed by atoms with Gasteiger partial charge in [0.2, 0.25) is 0 Å². The second-order valence-electron chi connectivity index (χ2n) is 8.50. The van der Waals surface area contributed by atoms with E-state index in [-0.39, 0.29) is 6.61 Å². The van der Waals surface area contributed by atoms with Crippen molar-refractivity contribution in [2.24, 2.45) is 5.92 Å². The van der Waals surface area contributed by atoms with Crippen molar-refractivity contribution >= 4 is 0 Å². The number of hydrogen-bond acceptors (Lipinski definition) is 6. The molecule has 0 saturated carbocycles. The Morgan fingerprint density at radius 3 is 2.64 bits per heavy atom. The van der Waals surface area contributed by atoms with E-state index < -0.39 is 6.10 Å². The van der Waals surface area contributed by atoms with Crippen LogP contribution in [0.15, 0.2) is 18.2 Å². The van der Waals surface area contributed by atoms with Crippen LogP contribution in [0.5, 0.6) is 11.5 Å². The predicted molar refractivity (Wildman–Crippen MR) is 114 cm³/mol. The zero-order chi connectivity index (χ0) is 20.5. The van der Waals surface area contributed by atoms with Crippen LogP contribution in [-0.4, -0.2) is 93.0 Å². The Bertz CT molecular complexity index is 582. The minimum atomic E-state index is -0.514. The summed E-state index contributed by atoms with van der Waals surface area (Å²) in [5, 5.41) is 10.5. The largest absolute Gasteiger partial charge is 0.493 e. The van der Waals surface area contributed by atoms with Crippen LogP contribution in [0.25, 0.3) is 0 Å². The van der Waals surface area contributed by atoms with Crippen LogP contribution in [0.1, 0.15) is 25.8 Å². The minimum Gasteiger partial charge on any atom is -0.493 e. The molecule has 0 spiro atoms. The lowest BCUT2D eigenvalue weighted by Crippen LogP contribution is -2.37. The van der Waals surface area contributed by atoms with Gasteiger partial charge in [0, 0.05) is 32.7 Å². The summed E-state index contributed by atoms with van der Waals surface area (Å²) in [7, 11) is 5.94. The van der Waals surface area contributed by atoms with E-state index in [4.69, 9.17) is 9.47 Å². The average Bonchev–Trinajstić information content (AvgIpc) is 2.83. The summed E-state index contributed by atoms with van der Waals surface area (Å²) in [6, 6.07) is 6.06. The third-order valence-electron chi connectivity index (χ3n) is 5.07. The highest BCUT2D eigenvalue weighted by Gasteiger charge is 2.17. The second kappa shape index (κ2) is 11.6. The molecule has 6 heteroatoms. The zero-order valence-electron chi connectivity index (χ0n) is 18.4. The van der Waals surface area contributed by atoms with E-state index in [1.807, 2.05) is 12.1 Å². The van der Waals surface area contributed by atoms with Crippen molar-refractivity contribution in [2.45, 2.75) is 32.9 Å². The van der Waals surface area contributed by atoms with Crippen LogP contribution >= 0.6 is 0 Å². The van der Waals surface area contributed by atoms with Gasteiger partial charge in [-0.25, -0.2) is 0 Å². The molecule has 6 nitrogen and oxygen atoms in total. The number of hydrogen-bond donors (Lipinski definition) is 1. The first-order chi connectivity index (χ1) is 13.4. The van der Waals surface area contributed by atoms with Gasteiger partial charge in [-0.3, -0.25) is 4.90 Å². The number of aliphatic hydroxyl groups excluding tert-OH is 1. The molecule has 1 aliphatic heterocycles. The van der Waals surface area contributed by atoms with Crippen molar-refractivity contribution in [2.75, 3.05) is 67.1 Å². The SMILES string of the molecule is COc1ccc(CN(C)CC(C)C)cc1OCC(O)CN1CCCN(C)CC1. The summed E-state index contributed by atoms with van der Waals surface area (Å²) in [6.07, 6.45) is 0.629. The first-order valence-electron chi connectivity index (χ1n) is 10.4. The van der Waals surface area contributed by atoms with Gasteiger partial charge in [0.1, 0.15) is 12.7 Å². The molecule has 1 atom stereocenters. The topological polar surface area (TPSA) is 48.4 Å². The Labute approximate surface area is 171 Å². The van der Waals surface area contributed by atoms with E-state index in [1.165, 1.54) is 5.56 Å². The number of rotatable bonds is 10. The maximum absolute atomic E-state index is 10.5. The molecule has 0 aromatic heterocycles. The Balaban J connectivity index is 1.89. The summed E-state index contributed by atoms with van der Waals surface area (Å²) in [5.41, 5.74) is 1.18. The quantitative estimate of drug-likeness (QED) is 0.657. The van der Waals surface area contributed by atoms with Gasteiger partial charge in [0.05, 0.1) is 7.11 Å². The van der Waals surface area contributed by atoms with Crippen LogP contribution in [0.2, 0.25) is 0 Å². The molecule has 1 heterocycles. The molecule has 1 fully saturated rings. The van der Waals surface area contributed by atoms with Gasteiger partial charge >= 0.3 is 0 Å². The zero-order valence-corrected chi connectivity index (χ0v) is 18.4. The van der Waals surface area contributed by atoms with E-state index >= 15 is 0 Å². The van der Waals surface area contributed by atoms with E-state index in [0.717, 1.165) is 45.7 Å². The van der Waals surface area contributed by atoms with Gasteiger partial charge in [0.25, 0.3) is 0 Å². The monoisotopic (exact) mass is 393 g/mol. The van der Waals surface area contributed by atoms with Crippen molar-refractivity contribution in [3.8, 4) is 11.5 Å². The predicted octanol–water partition coefficient (Wildman–Crippen LogP) is 2.16. The number of nitrogens with zero attached hydrogens (tertiary/aromatic N) is 3. The molecule has 28 heavy (non-hydrogen) atoms. The lowest BCUT2D eigenvalue weighted by atomic mass is 10.1. The summed E-state index contributed by atoms with van der Waals surface area (Å²) >= 11 is 0. The van der Waals surface area contributed by atoms with Crippen molar-refractivity contribution < 1.29 is 14.6 Å². The first-order valence-corrected chi connectivity index (χ1v) is 10.4. The molecule has 1 aromatic carbocycles. The number of benzene rings is 1. The minimum absolute atomic E-state index is 0.272. The first kappa shape index (κ1) is 22.9. The number of ether oxygens (including phenoxy) is 2. The highest BCUT2D eigenvalue weighted by Crippen LogP contribution is 2.28. The molecule has 160 valence electrons. The molecule has 0 radical (unpaired) electrons. The normalized spacial score (nSPS) is 17.7. The second-order valence-corrected chi connectivity index (χ2v) is 8.50. The molecule has 0 aliphatic carbocycles. The Kier molecular flexibility index (Phi) is 9.51. The van der Waals surface area contributed by atoms with E-state index in [1.54, 1.807) is 7.11 Å². The maximum atomic E-state index is 10.5. The molecule has 1 unspecified atom stereocenters. The molecule has 1 aromatic rings. The van der Waals surface area contributed by atoms with Gasteiger partial charge in [-0.05, 0) is 57.2 Å². The van der Waals surface area contributed by atoms with Crippen LogP contribution in [0.4, 0.5) is 0 Å². The fourth-order valence-corrected chi connectivity index (χ4v) is 3.75.